The largest absolute Gasteiger partial charge is 0.449 e. The van der Waals surface area contributed by atoms with Gasteiger partial charge in [-0.1, -0.05) is 36.4 Å². The van der Waals surface area contributed by atoms with Crippen molar-refractivity contribution in [2.24, 2.45) is 0 Å². The van der Waals surface area contributed by atoms with Crippen LogP contribution in [0.1, 0.15) is 38.8 Å². The molecule has 2 atom stereocenters. The molecule has 2 unspecified atom stereocenters. The number of hydrogen-bond acceptors (Lipinski definition) is 6. The highest BCUT2D eigenvalue weighted by Gasteiger charge is 2.27. The second-order valence-corrected chi connectivity index (χ2v) is 9.03. The zero-order valence-electron chi connectivity index (χ0n) is 19.8. The highest BCUT2D eigenvalue weighted by atomic mass is 16.7. The maximum Gasteiger partial charge on any atom is 0.410 e. The molecule has 0 aliphatic carbocycles. The fourth-order valence-corrected chi connectivity index (χ4v) is 3.19. The van der Waals surface area contributed by atoms with Gasteiger partial charge in [0, 0.05) is 13.1 Å². The average Bonchev–Trinajstić information content (AvgIpc) is 3.17. The van der Waals surface area contributed by atoms with Gasteiger partial charge in [-0.15, -0.1) is 0 Å². The summed E-state index contributed by atoms with van der Waals surface area (Å²) in [6, 6.07) is 15.0. The summed E-state index contributed by atoms with van der Waals surface area (Å²) in [6.07, 6.45) is -0.912. The van der Waals surface area contributed by atoms with Crippen LogP contribution in [0.4, 0.5) is 9.59 Å². The van der Waals surface area contributed by atoms with Crippen molar-refractivity contribution in [3.05, 3.63) is 59.7 Å². The van der Waals surface area contributed by atoms with Gasteiger partial charge in [-0.3, -0.25) is 0 Å². The molecular formula is C25H32N2O6. The van der Waals surface area contributed by atoms with Crippen molar-refractivity contribution in [3.63, 3.8) is 0 Å². The van der Waals surface area contributed by atoms with Crippen LogP contribution in [-0.2, 0) is 22.5 Å². The molecule has 0 saturated heterocycles. The van der Waals surface area contributed by atoms with Gasteiger partial charge < -0.3 is 29.2 Å². The first-order chi connectivity index (χ1) is 15.6. The molecule has 1 aliphatic heterocycles. The van der Waals surface area contributed by atoms with Gasteiger partial charge in [0.1, 0.15) is 12.2 Å². The molecule has 0 aromatic heterocycles. The number of carbonyl (C=O) groups is 2. The summed E-state index contributed by atoms with van der Waals surface area (Å²) < 4.78 is 22.2. The Bertz CT molecular complexity index is 957. The van der Waals surface area contributed by atoms with Crippen molar-refractivity contribution in [2.45, 2.75) is 58.7 Å². The third-order valence-electron chi connectivity index (χ3n) is 5.02. The molecule has 0 spiro atoms. The van der Waals surface area contributed by atoms with Crippen LogP contribution in [0, 0.1) is 0 Å². The number of amides is 2. The Morgan fingerprint density at radius 3 is 2.45 bits per heavy atom. The standard InChI is InChI=1S/C25H32N2O6/c1-17(27(5)24(29)33-25(2,3)4)13-19-11-12-20-21(14-19)32-22(31-20)15-26-23(28)30-16-18-9-7-6-8-10-18/h6-12,14,17,22H,13,15-16H2,1-5H3,(H,26,28). The lowest BCUT2D eigenvalue weighted by molar-refractivity contribution is 0.0236. The molecule has 8 heteroatoms. The van der Waals surface area contributed by atoms with Gasteiger partial charge in [0.25, 0.3) is 6.29 Å². The van der Waals surface area contributed by atoms with Crippen molar-refractivity contribution in [1.82, 2.24) is 10.2 Å². The third kappa shape index (κ3) is 7.30. The Labute approximate surface area is 194 Å². The molecule has 0 fully saturated rings. The molecule has 2 amide bonds. The number of hydrogen-bond donors (Lipinski definition) is 1. The summed E-state index contributed by atoms with van der Waals surface area (Å²) in [7, 11) is 1.73. The number of benzene rings is 2. The molecule has 0 saturated carbocycles. The van der Waals surface area contributed by atoms with E-state index in [4.69, 9.17) is 18.9 Å². The zero-order chi connectivity index (χ0) is 24.0. The van der Waals surface area contributed by atoms with Crippen LogP contribution in [0.5, 0.6) is 11.5 Å². The summed E-state index contributed by atoms with van der Waals surface area (Å²) in [5.41, 5.74) is 1.37. The molecular weight excluding hydrogens is 424 g/mol. The number of carbonyl (C=O) groups excluding carboxylic acids is 2. The summed E-state index contributed by atoms with van der Waals surface area (Å²) >= 11 is 0. The van der Waals surface area contributed by atoms with Crippen LogP contribution >= 0.6 is 0 Å². The van der Waals surface area contributed by atoms with Gasteiger partial charge in [-0.2, -0.15) is 0 Å². The van der Waals surface area contributed by atoms with E-state index in [9.17, 15) is 9.59 Å². The Morgan fingerprint density at radius 1 is 1.06 bits per heavy atom. The Balaban J connectivity index is 1.46. The Hall–Kier alpha value is -3.42. The maximum atomic E-state index is 12.3. The molecule has 8 nitrogen and oxygen atoms in total. The quantitative estimate of drug-likeness (QED) is 0.660. The van der Waals surface area contributed by atoms with E-state index >= 15 is 0 Å². The predicted molar refractivity (Wildman–Crippen MR) is 123 cm³/mol. The Kier molecular flexibility index (Phi) is 7.68. The fraction of sp³-hybridized carbons (Fsp3) is 0.440. The van der Waals surface area contributed by atoms with E-state index in [-0.39, 0.29) is 25.3 Å². The van der Waals surface area contributed by atoms with Gasteiger partial charge >= 0.3 is 12.2 Å². The van der Waals surface area contributed by atoms with Gasteiger partial charge in [0.05, 0.1) is 6.54 Å². The van der Waals surface area contributed by atoms with E-state index in [1.54, 1.807) is 11.9 Å². The fourth-order valence-electron chi connectivity index (χ4n) is 3.19. The van der Waals surface area contributed by atoms with Crippen LogP contribution in [0.2, 0.25) is 0 Å². The van der Waals surface area contributed by atoms with Crippen molar-refractivity contribution in [3.8, 4) is 11.5 Å². The second kappa shape index (κ2) is 10.5. The first-order valence-electron chi connectivity index (χ1n) is 11.0. The number of rotatable bonds is 7. The minimum Gasteiger partial charge on any atom is -0.449 e. The van der Waals surface area contributed by atoms with Crippen LogP contribution in [-0.4, -0.2) is 48.6 Å². The van der Waals surface area contributed by atoms with Crippen LogP contribution < -0.4 is 14.8 Å². The van der Waals surface area contributed by atoms with E-state index in [1.807, 2.05) is 76.2 Å². The summed E-state index contributed by atoms with van der Waals surface area (Å²) in [5.74, 6) is 1.21. The number of nitrogens with one attached hydrogen (secondary N) is 1. The van der Waals surface area contributed by atoms with Crippen molar-refractivity contribution >= 4 is 12.2 Å². The normalized spacial score (nSPS) is 15.5. The van der Waals surface area contributed by atoms with Crippen LogP contribution in [0.3, 0.4) is 0 Å². The predicted octanol–water partition coefficient (Wildman–Crippen LogP) is 4.51. The first-order valence-corrected chi connectivity index (χ1v) is 11.0. The highest BCUT2D eigenvalue weighted by Crippen LogP contribution is 2.35. The molecule has 0 radical (unpaired) electrons. The van der Waals surface area contributed by atoms with Gasteiger partial charge in [-0.25, -0.2) is 9.59 Å². The van der Waals surface area contributed by atoms with E-state index in [2.05, 4.69) is 5.32 Å². The molecule has 2 aromatic rings. The molecule has 2 aromatic carbocycles. The third-order valence-corrected chi connectivity index (χ3v) is 5.02. The number of likely N-dealkylation sites (N-methyl/N-ethyl adjacent to an activating group) is 1. The number of ether oxygens (including phenoxy) is 4. The van der Waals surface area contributed by atoms with Crippen LogP contribution in [0.25, 0.3) is 0 Å². The molecule has 0 bridgehead atoms. The van der Waals surface area contributed by atoms with E-state index in [0.717, 1.165) is 11.1 Å². The van der Waals surface area contributed by atoms with E-state index < -0.39 is 18.0 Å². The second-order valence-electron chi connectivity index (χ2n) is 9.03. The topological polar surface area (TPSA) is 86.3 Å². The number of nitrogens with zero attached hydrogens (tertiary/aromatic N) is 1. The smallest absolute Gasteiger partial charge is 0.410 e. The lowest BCUT2D eigenvalue weighted by atomic mass is 10.1. The maximum absolute atomic E-state index is 12.3. The molecule has 1 aliphatic rings. The van der Waals surface area contributed by atoms with Gasteiger partial charge in [-0.05, 0) is 57.4 Å². The van der Waals surface area contributed by atoms with Crippen molar-refractivity contribution in [2.75, 3.05) is 13.6 Å². The van der Waals surface area contributed by atoms with Crippen molar-refractivity contribution < 1.29 is 28.5 Å². The monoisotopic (exact) mass is 456 g/mol. The number of alkyl carbamates (subject to hydrolysis) is 1. The summed E-state index contributed by atoms with van der Waals surface area (Å²) in [6.45, 7) is 7.83. The zero-order valence-corrected chi connectivity index (χ0v) is 19.8. The molecule has 1 heterocycles. The first kappa shape index (κ1) is 24.2. The lowest BCUT2D eigenvalue weighted by Crippen LogP contribution is -2.40. The average molecular weight is 457 g/mol. The molecule has 178 valence electrons. The van der Waals surface area contributed by atoms with Gasteiger partial charge in [0.15, 0.2) is 11.5 Å². The van der Waals surface area contributed by atoms with E-state index in [0.29, 0.717) is 17.9 Å². The van der Waals surface area contributed by atoms with Gasteiger partial charge in [0.2, 0.25) is 0 Å². The lowest BCUT2D eigenvalue weighted by Gasteiger charge is -2.28. The summed E-state index contributed by atoms with van der Waals surface area (Å²) in [5, 5.41) is 2.65. The molecule has 33 heavy (non-hydrogen) atoms. The minimum atomic E-state index is -0.638. The van der Waals surface area contributed by atoms with Crippen LogP contribution in [0.15, 0.2) is 48.5 Å². The molecule has 3 rings (SSSR count). The number of fused-ring (bicyclic) bond motifs is 1. The van der Waals surface area contributed by atoms with E-state index in [1.165, 1.54) is 0 Å². The molecule has 1 N–H and O–H groups in total. The summed E-state index contributed by atoms with van der Waals surface area (Å²) in [4.78, 5) is 25.8. The SMILES string of the molecule is CC(Cc1ccc2c(c1)OC(CNC(=O)OCc1ccccc1)O2)N(C)C(=O)OC(C)(C)C. The van der Waals surface area contributed by atoms with Crippen molar-refractivity contribution in [1.29, 1.82) is 0 Å². The minimum absolute atomic E-state index is 0.0722. The highest BCUT2D eigenvalue weighted by molar-refractivity contribution is 5.68. The Morgan fingerprint density at radius 2 is 1.76 bits per heavy atom.